The Hall–Kier alpha value is -0.570. The number of hydrogen-bond acceptors (Lipinski definition) is 2. The summed E-state index contributed by atoms with van der Waals surface area (Å²) in [7, 11) is 0. The zero-order valence-electron chi connectivity index (χ0n) is 6.76. The molecule has 0 aliphatic heterocycles. The Morgan fingerprint density at radius 1 is 1.50 bits per heavy atom. The molecule has 0 spiro atoms. The van der Waals surface area contributed by atoms with Gasteiger partial charge in [-0.2, -0.15) is 0 Å². The van der Waals surface area contributed by atoms with Crippen molar-refractivity contribution in [2.75, 3.05) is 19.8 Å². The van der Waals surface area contributed by atoms with Gasteiger partial charge in [-0.05, 0) is 19.5 Å². The van der Waals surface area contributed by atoms with Crippen molar-refractivity contribution in [2.24, 2.45) is 0 Å². The van der Waals surface area contributed by atoms with Gasteiger partial charge < -0.3 is 5.32 Å². The van der Waals surface area contributed by atoms with Crippen LogP contribution in [0.1, 0.15) is 20.3 Å². The van der Waals surface area contributed by atoms with E-state index in [-0.39, 0.29) is 0 Å². The van der Waals surface area contributed by atoms with Crippen molar-refractivity contribution in [3.8, 4) is 0 Å². The van der Waals surface area contributed by atoms with Crippen LogP contribution in [0.3, 0.4) is 0 Å². The van der Waals surface area contributed by atoms with E-state index in [0.717, 1.165) is 25.9 Å². The van der Waals surface area contributed by atoms with Crippen LogP contribution in [0.4, 0.5) is 0 Å². The van der Waals surface area contributed by atoms with Gasteiger partial charge in [0.25, 0.3) is 0 Å². The van der Waals surface area contributed by atoms with Crippen molar-refractivity contribution in [3.63, 3.8) is 0 Å². The highest BCUT2D eigenvalue weighted by Gasteiger charge is 1.96. The standard InChI is InChI=1S/C7H16N2O/c1-3-5-9(4-2)6-8-7-10/h7H,3-6H2,1-2H3,(H,8,10). The molecule has 0 rings (SSSR count). The molecule has 10 heavy (non-hydrogen) atoms. The predicted molar refractivity (Wildman–Crippen MR) is 41.6 cm³/mol. The first-order valence-corrected chi connectivity index (χ1v) is 3.74. The molecular weight excluding hydrogens is 128 g/mol. The minimum absolute atomic E-state index is 0.674. The van der Waals surface area contributed by atoms with Crippen LogP contribution in [0.15, 0.2) is 0 Å². The van der Waals surface area contributed by atoms with E-state index in [1.807, 2.05) is 0 Å². The van der Waals surface area contributed by atoms with Crippen molar-refractivity contribution in [2.45, 2.75) is 20.3 Å². The lowest BCUT2D eigenvalue weighted by atomic mass is 10.4. The van der Waals surface area contributed by atoms with E-state index in [2.05, 4.69) is 24.1 Å². The zero-order valence-corrected chi connectivity index (χ0v) is 6.76. The van der Waals surface area contributed by atoms with Crippen molar-refractivity contribution in [1.82, 2.24) is 10.2 Å². The number of rotatable bonds is 6. The topological polar surface area (TPSA) is 32.3 Å². The van der Waals surface area contributed by atoms with E-state index in [1.165, 1.54) is 0 Å². The second-order valence-corrected chi connectivity index (χ2v) is 2.19. The Labute approximate surface area is 62.4 Å². The SMILES string of the molecule is CCCN(CC)CNC=O. The third-order valence-corrected chi connectivity index (χ3v) is 1.39. The van der Waals surface area contributed by atoms with Gasteiger partial charge in [0, 0.05) is 0 Å². The molecule has 0 aromatic rings. The van der Waals surface area contributed by atoms with E-state index in [4.69, 9.17) is 0 Å². The van der Waals surface area contributed by atoms with Gasteiger partial charge >= 0.3 is 0 Å². The summed E-state index contributed by atoms with van der Waals surface area (Å²) in [6, 6.07) is 0. The highest BCUT2D eigenvalue weighted by molar-refractivity contribution is 5.45. The van der Waals surface area contributed by atoms with E-state index in [0.29, 0.717) is 6.67 Å². The molecule has 0 aromatic carbocycles. The third-order valence-electron chi connectivity index (χ3n) is 1.39. The summed E-state index contributed by atoms with van der Waals surface area (Å²) in [4.78, 5) is 12.1. The van der Waals surface area contributed by atoms with E-state index >= 15 is 0 Å². The molecule has 0 aliphatic rings. The molecule has 3 nitrogen and oxygen atoms in total. The van der Waals surface area contributed by atoms with Crippen LogP contribution >= 0.6 is 0 Å². The van der Waals surface area contributed by atoms with Crippen LogP contribution < -0.4 is 5.32 Å². The molecule has 1 N–H and O–H groups in total. The fraction of sp³-hybridized carbons (Fsp3) is 0.857. The summed E-state index contributed by atoms with van der Waals surface area (Å²) < 4.78 is 0. The molecule has 0 unspecified atom stereocenters. The Bertz CT molecular complexity index is 85.7. The van der Waals surface area contributed by atoms with Gasteiger partial charge in [-0.15, -0.1) is 0 Å². The van der Waals surface area contributed by atoms with Crippen LogP contribution in [0.25, 0.3) is 0 Å². The lowest BCUT2D eigenvalue weighted by Gasteiger charge is -2.17. The smallest absolute Gasteiger partial charge is 0.208 e. The number of hydrogen-bond donors (Lipinski definition) is 1. The fourth-order valence-electron chi connectivity index (χ4n) is 0.832. The molecule has 0 aliphatic carbocycles. The monoisotopic (exact) mass is 144 g/mol. The summed E-state index contributed by atoms with van der Waals surface area (Å²) in [5.41, 5.74) is 0. The maximum atomic E-state index is 9.89. The quantitative estimate of drug-likeness (QED) is 0.433. The second-order valence-electron chi connectivity index (χ2n) is 2.19. The Morgan fingerprint density at radius 2 is 2.20 bits per heavy atom. The van der Waals surface area contributed by atoms with Crippen LogP contribution in [-0.2, 0) is 4.79 Å². The Balaban J connectivity index is 3.29. The van der Waals surface area contributed by atoms with Crippen molar-refractivity contribution < 1.29 is 4.79 Å². The molecule has 0 atom stereocenters. The van der Waals surface area contributed by atoms with E-state index in [1.54, 1.807) is 0 Å². The summed E-state index contributed by atoms with van der Waals surface area (Å²) in [6.07, 6.45) is 1.87. The number of amides is 1. The first kappa shape index (κ1) is 9.43. The number of carbonyl (C=O) groups is 1. The molecule has 0 aromatic heterocycles. The van der Waals surface area contributed by atoms with Gasteiger partial charge in [0.2, 0.25) is 6.41 Å². The van der Waals surface area contributed by atoms with Gasteiger partial charge in [-0.3, -0.25) is 9.69 Å². The third kappa shape index (κ3) is 4.32. The minimum atomic E-state index is 0.674. The highest BCUT2D eigenvalue weighted by Crippen LogP contribution is 1.86. The molecule has 0 radical (unpaired) electrons. The van der Waals surface area contributed by atoms with Crippen LogP contribution in [0.2, 0.25) is 0 Å². The van der Waals surface area contributed by atoms with Gasteiger partial charge in [-0.1, -0.05) is 13.8 Å². The van der Waals surface area contributed by atoms with Gasteiger partial charge in [0.1, 0.15) is 0 Å². The van der Waals surface area contributed by atoms with Crippen LogP contribution in [-0.4, -0.2) is 31.1 Å². The molecule has 0 bridgehead atoms. The Morgan fingerprint density at radius 3 is 2.60 bits per heavy atom. The van der Waals surface area contributed by atoms with Gasteiger partial charge in [0.05, 0.1) is 6.67 Å². The largest absolute Gasteiger partial charge is 0.346 e. The van der Waals surface area contributed by atoms with Crippen LogP contribution in [0, 0.1) is 0 Å². The zero-order chi connectivity index (χ0) is 7.82. The van der Waals surface area contributed by atoms with Gasteiger partial charge in [-0.25, -0.2) is 0 Å². The Kier molecular flexibility index (Phi) is 6.18. The summed E-state index contributed by atoms with van der Waals surface area (Å²) >= 11 is 0. The van der Waals surface area contributed by atoms with Gasteiger partial charge in [0.15, 0.2) is 0 Å². The number of carbonyl (C=O) groups excluding carboxylic acids is 1. The molecular formula is C7H16N2O. The first-order valence-electron chi connectivity index (χ1n) is 3.74. The first-order chi connectivity index (χ1) is 4.85. The van der Waals surface area contributed by atoms with Crippen molar-refractivity contribution >= 4 is 6.41 Å². The maximum Gasteiger partial charge on any atom is 0.208 e. The average molecular weight is 144 g/mol. The molecule has 1 amide bonds. The summed E-state index contributed by atoms with van der Waals surface area (Å²) in [5.74, 6) is 0. The fourth-order valence-corrected chi connectivity index (χ4v) is 0.832. The second kappa shape index (κ2) is 6.55. The lowest BCUT2D eigenvalue weighted by Crippen LogP contribution is -2.33. The van der Waals surface area contributed by atoms with E-state index in [9.17, 15) is 4.79 Å². The molecule has 0 heterocycles. The van der Waals surface area contributed by atoms with Crippen molar-refractivity contribution in [3.05, 3.63) is 0 Å². The normalized spacial score (nSPS) is 9.90. The minimum Gasteiger partial charge on any atom is -0.346 e. The summed E-state index contributed by atoms with van der Waals surface area (Å²) in [5, 5.41) is 2.63. The maximum absolute atomic E-state index is 9.89. The van der Waals surface area contributed by atoms with Crippen molar-refractivity contribution in [1.29, 1.82) is 0 Å². The van der Waals surface area contributed by atoms with Crippen LogP contribution in [0.5, 0.6) is 0 Å². The number of nitrogens with one attached hydrogen (secondary N) is 1. The molecule has 0 saturated heterocycles. The summed E-state index contributed by atoms with van der Waals surface area (Å²) in [6.45, 7) is 6.94. The average Bonchev–Trinajstić information content (AvgIpc) is 1.98. The molecule has 0 saturated carbocycles. The molecule has 60 valence electrons. The lowest BCUT2D eigenvalue weighted by molar-refractivity contribution is -0.110. The van der Waals surface area contributed by atoms with E-state index < -0.39 is 0 Å². The number of nitrogens with zero attached hydrogens (tertiary/aromatic N) is 1. The molecule has 3 heteroatoms. The predicted octanol–water partition coefficient (Wildman–Crippen LogP) is 0.422. The highest BCUT2D eigenvalue weighted by atomic mass is 16.1. The molecule has 0 fully saturated rings.